The molecule has 2 aliphatic rings. The summed E-state index contributed by atoms with van der Waals surface area (Å²) in [6.07, 6.45) is 1.60. The van der Waals surface area contributed by atoms with Crippen LogP contribution in [0, 0.1) is 17.2 Å². The summed E-state index contributed by atoms with van der Waals surface area (Å²) in [5.41, 5.74) is 0.461. The molecule has 2 saturated heterocycles. The van der Waals surface area contributed by atoms with E-state index in [1.165, 1.54) is 0 Å². The molecule has 1 aromatic carbocycles. The van der Waals surface area contributed by atoms with Gasteiger partial charge in [-0.15, -0.1) is 0 Å². The SMILES string of the molecule is CCOc1cc(C#N)cc(Br)c1OCC(=O)N1CCC(C2OCCO2)CC1. The summed E-state index contributed by atoms with van der Waals surface area (Å²) in [6.45, 7) is 4.85. The monoisotopic (exact) mass is 438 g/mol. The first kappa shape index (κ1) is 19.9. The van der Waals surface area contributed by atoms with Crippen molar-refractivity contribution in [1.29, 1.82) is 5.26 Å². The second kappa shape index (κ2) is 9.40. The molecule has 1 amide bonds. The number of hydrogen-bond donors (Lipinski definition) is 0. The zero-order valence-electron chi connectivity index (χ0n) is 15.3. The number of piperidine rings is 1. The lowest BCUT2D eigenvalue weighted by Crippen LogP contribution is -2.43. The summed E-state index contributed by atoms with van der Waals surface area (Å²) in [5.74, 6) is 1.16. The topological polar surface area (TPSA) is 81.0 Å². The highest BCUT2D eigenvalue weighted by Gasteiger charge is 2.32. The highest BCUT2D eigenvalue weighted by Crippen LogP contribution is 2.37. The maximum absolute atomic E-state index is 12.5. The van der Waals surface area contributed by atoms with Crippen molar-refractivity contribution in [3.8, 4) is 17.6 Å². The van der Waals surface area contributed by atoms with Gasteiger partial charge in [0, 0.05) is 25.1 Å². The van der Waals surface area contributed by atoms with Gasteiger partial charge in [-0.25, -0.2) is 0 Å². The van der Waals surface area contributed by atoms with E-state index in [1.54, 1.807) is 12.1 Å². The number of nitrogens with zero attached hydrogens (tertiary/aromatic N) is 2. The van der Waals surface area contributed by atoms with E-state index in [0.717, 1.165) is 12.8 Å². The minimum absolute atomic E-state index is 0.0691. The van der Waals surface area contributed by atoms with Crippen LogP contribution in [0.4, 0.5) is 0 Å². The number of halogens is 1. The van der Waals surface area contributed by atoms with Gasteiger partial charge < -0.3 is 23.8 Å². The van der Waals surface area contributed by atoms with Crippen molar-refractivity contribution in [2.24, 2.45) is 5.92 Å². The normalized spacial score (nSPS) is 18.3. The molecule has 3 rings (SSSR count). The molecular formula is C19H23BrN2O5. The van der Waals surface area contributed by atoms with Gasteiger partial charge in [0.2, 0.25) is 0 Å². The number of ether oxygens (including phenoxy) is 4. The fourth-order valence-electron chi connectivity index (χ4n) is 3.33. The minimum atomic E-state index is -0.123. The quantitative estimate of drug-likeness (QED) is 0.678. The van der Waals surface area contributed by atoms with Crippen LogP contribution in [0.15, 0.2) is 16.6 Å². The van der Waals surface area contributed by atoms with Gasteiger partial charge in [0.25, 0.3) is 5.91 Å². The van der Waals surface area contributed by atoms with Crippen molar-refractivity contribution in [2.75, 3.05) is 39.5 Å². The molecule has 0 spiro atoms. The third-order valence-electron chi connectivity index (χ3n) is 4.70. The molecule has 0 atom stereocenters. The Balaban J connectivity index is 1.55. The van der Waals surface area contributed by atoms with Crippen molar-refractivity contribution in [1.82, 2.24) is 4.90 Å². The smallest absolute Gasteiger partial charge is 0.260 e. The lowest BCUT2D eigenvalue weighted by Gasteiger charge is -2.33. The van der Waals surface area contributed by atoms with Gasteiger partial charge in [0.1, 0.15) is 0 Å². The van der Waals surface area contributed by atoms with Crippen molar-refractivity contribution >= 4 is 21.8 Å². The second-order valence-electron chi connectivity index (χ2n) is 6.45. The standard InChI is InChI=1S/C19H23BrN2O5/c1-2-24-16-10-13(11-21)9-15(20)18(16)27-12-17(23)22-5-3-14(4-6-22)19-25-7-8-26-19/h9-10,14,19H,2-8,12H2,1H3. The minimum Gasteiger partial charge on any atom is -0.490 e. The Morgan fingerprint density at radius 3 is 2.63 bits per heavy atom. The first-order valence-electron chi connectivity index (χ1n) is 9.12. The van der Waals surface area contributed by atoms with Crippen molar-refractivity contribution in [3.05, 3.63) is 22.2 Å². The average molecular weight is 439 g/mol. The number of nitriles is 1. The Kier molecular flexibility index (Phi) is 6.94. The molecule has 2 fully saturated rings. The number of likely N-dealkylation sites (tertiary alicyclic amines) is 1. The highest BCUT2D eigenvalue weighted by molar-refractivity contribution is 9.10. The second-order valence-corrected chi connectivity index (χ2v) is 7.30. The molecule has 2 heterocycles. The molecule has 0 saturated carbocycles. The summed E-state index contributed by atoms with van der Waals surface area (Å²) in [4.78, 5) is 14.3. The van der Waals surface area contributed by atoms with Crippen molar-refractivity contribution in [2.45, 2.75) is 26.1 Å². The van der Waals surface area contributed by atoms with E-state index in [-0.39, 0.29) is 18.8 Å². The number of hydrogen-bond acceptors (Lipinski definition) is 6. The number of carbonyl (C=O) groups excluding carboxylic acids is 1. The van der Waals surface area contributed by atoms with Gasteiger partial charge in [0.05, 0.1) is 35.9 Å². The zero-order valence-corrected chi connectivity index (χ0v) is 16.9. The molecule has 8 heteroatoms. The molecule has 0 unspecified atom stereocenters. The maximum atomic E-state index is 12.5. The predicted octanol–water partition coefficient (Wildman–Crippen LogP) is 2.71. The Bertz CT molecular complexity index is 707. The summed E-state index contributed by atoms with van der Waals surface area (Å²) in [6, 6.07) is 5.34. The van der Waals surface area contributed by atoms with E-state index in [9.17, 15) is 4.79 Å². The number of carbonyl (C=O) groups is 1. The van der Waals surface area contributed by atoms with Crippen LogP contribution in [-0.2, 0) is 14.3 Å². The zero-order chi connectivity index (χ0) is 19.2. The largest absolute Gasteiger partial charge is 0.490 e. The molecule has 0 aliphatic carbocycles. The van der Waals surface area contributed by atoms with Crippen LogP contribution in [0.25, 0.3) is 0 Å². The fourth-order valence-corrected chi connectivity index (χ4v) is 3.89. The Morgan fingerprint density at radius 2 is 2.00 bits per heavy atom. The number of rotatable bonds is 6. The molecule has 1 aromatic rings. The van der Waals surface area contributed by atoms with Crippen LogP contribution in [0.5, 0.6) is 11.5 Å². The summed E-state index contributed by atoms with van der Waals surface area (Å²) in [7, 11) is 0. The number of benzene rings is 1. The third kappa shape index (κ3) is 4.92. The van der Waals surface area contributed by atoms with Crippen LogP contribution in [0.2, 0.25) is 0 Å². The molecule has 0 bridgehead atoms. The first-order chi connectivity index (χ1) is 13.1. The third-order valence-corrected chi connectivity index (χ3v) is 5.29. The Hall–Kier alpha value is -1.82. The van der Waals surface area contributed by atoms with Gasteiger partial charge in [-0.3, -0.25) is 4.79 Å². The molecule has 0 radical (unpaired) electrons. The van der Waals surface area contributed by atoms with Gasteiger partial charge in [-0.2, -0.15) is 5.26 Å². The molecule has 7 nitrogen and oxygen atoms in total. The highest BCUT2D eigenvalue weighted by atomic mass is 79.9. The van der Waals surface area contributed by atoms with E-state index < -0.39 is 0 Å². The number of amides is 1. The molecule has 146 valence electrons. The average Bonchev–Trinajstić information content (AvgIpc) is 3.22. The van der Waals surface area contributed by atoms with Crippen molar-refractivity contribution < 1.29 is 23.7 Å². The summed E-state index contributed by atoms with van der Waals surface area (Å²) < 4.78 is 23.0. The van der Waals surface area contributed by atoms with Gasteiger partial charge in [0.15, 0.2) is 24.4 Å². The van der Waals surface area contributed by atoms with E-state index in [0.29, 0.717) is 60.4 Å². The van der Waals surface area contributed by atoms with Crippen LogP contribution >= 0.6 is 15.9 Å². The van der Waals surface area contributed by atoms with E-state index >= 15 is 0 Å². The predicted molar refractivity (Wildman–Crippen MR) is 101 cm³/mol. The molecular weight excluding hydrogens is 416 g/mol. The summed E-state index contributed by atoms with van der Waals surface area (Å²) in [5, 5.41) is 9.09. The fraction of sp³-hybridized carbons (Fsp3) is 0.579. The van der Waals surface area contributed by atoms with Gasteiger partial charge in [-0.05, 0) is 41.8 Å². The lowest BCUT2D eigenvalue weighted by atomic mass is 9.96. The first-order valence-corrected chi connectivity index (χ1v) is 9.92. The Morgan fingerprint density at radius 1 is 1.30 bits per heavy atom. The van der Waals surface area contributed by atoms with E-state index in [1.807, 2.05) is 11.8 Å². The lowest BCUT2D eigenvalue weighted by molar-refractivity contribution is -0.138. The maximum Gasteiger partial charge on any atom is 0.260 e. The molecule has 27 heavy (non-hydrogen) atoms. The van der Waals surface area contributed by atoms with Crippen LogP contribution < -0.4 is 9.47 Å². The van der Waals surface area contributed by atoms with Crippen LogP contribution in [-0.4, -0.2) is 56.6 Å². The molecule has 0 aromatic heterocycles. The van der Waals surface area contributed by atoms with Crippen LogP contribution in [0.1, 0.15) is 25.3 Å². The van der Waals surface area contributed by atoms with Crippen LogP contribution in [0.3, 0.4) is 0 Å². The summed E-state index contributed by atoms with van der Waals surface area (Å²) >= 11 is 3.39. The Labute approximate surface area is 167 Å². The molecule has 0 N–H and O–H groups in total. The van der Waals surface area contributed by atoms with E-state index in [2.05, 4.69) is 22.0 Å². The van der Waals surface area contributed by atoms with E-state index in [4.69, 9.17) is 24.2 Å². The van der Waals surface area contributed by atoms with Crippen molar-refractivity contribution in [3.63, 3.8) is 0 Å². The van der Waals surface area contributed by atoms with Gasteiger partial charge >= 0.3 is 0 Å². The molecule has 2 aliphatic heterocycles. The van der Waals surface area contributed by atoms with Gasteiger partial charge in [-0.1, -0.05) is 0 Å².